The molecule has 2 aliphatic heterocycles. The molecule has 3 rings (SSSR count). The van der Waals surface area contributed by atoms with Crippen molar-refractivity contribution in [3.05, 3.63) is 17.5 Å². The van der Waals surface area contributed by atoms with E-state index in [2.05, 4.69) is 10.2 Å². The van der Waals surface area contributed by atoms with Crippen LogP contribution in [0.25, 0.3) is 0 Å². The summed E-state index contributed by atoms with van der Waals surface area (Å²) >= 11 is 0. The number of aromatic nitrogens is 2. The van der Waals surface area contributed by atoms with Crippen molar-refractivity contribution in [1.29, 1.82) is 0 Å². The maximum Gasteiger partial charge on any atom is 0.257 e. The standard InChI is InChI=1S/C16H24N4O2/c1-3-13-12(9-17-18-13)16(22)20-8-7-14-11(10-20)5-4-6-15(21)19(14)2/h9,11,14H,3-8,10H2,1-2H3,(H,17,18)/t11-,14+/m0/s1. The first kappa shape index (κ1) is 15.1. The number of hydrogen-bond donors (Lipinski definition) is 1. The summed E-state index contributed by atoms with van der Waals surface area (Å²) in [6.07, 6.45) is 5.88. The van der Waals surface area contributed by atoms with Crippen LogP contribution < -0.4 is 0 Å². The van der Waals surface area contributed by atoms with Gasteiger partial charge in [0.05, 0.1) is 11.8 Å². The van der Waals surface area contributed by atoms with Gasteiger partial charge in [0.25, 0.3) is 5.91 Å². The first-order valence-corrected chi connectivity index (χ1v) is 8.19. The normalized spacial score (nSPS) is 25.8. The van der Waals surface area contributed by atoms with Crippen molar-refractivity contribution in [2.75, 3.05) is 20.1 Å². The smallest absolute Gasteiger partial charge is 0.257 e. The highest BCUT2D eigenvalue weighted by Crippen LogP contribution is 2.30. The fourth-order valence-corrected chi connectivity index (χ4v) is 3.81. The number of carbonyl (C=O) groups is 2. The van der Waals surface area contributed by atoms with Crippen LogP contribution in [0, 0.1) is 5.92 Å². The number of amides is 2. The van der Waals surface area contributed by atoms with Gasteiger partial charge in [0, 0.05) is 38.3 Å². The van der Waals surface area contributed by atoms with Gasteiger partial charge in [-0.25, -0.2) is 0 Å². The minimum atomic E-state index is 0.0716. The van der Waals surface area contributed by atoms with E-state index < -0.39 is 0 Å². The van der Waals surface area contributed by atoms with Crippen molar-refractivity contribution in [3.63, 3.8) is 0 Å². The van der Waals surface area contributed by atoms with E-state index in [0.29, 0.717) is 24.4 Å². The molecule has 0 aromatic carbocycles. The third-order valence-electron chi connectivity index (χ3n) is 5.14. The van der Waals surface area contributed by atoms with Gasteiger partial charge in [0.1, 0.15) is 0 Å². The Balaban J connectivity index is 1.74. The molecule has 2 saturated heterocycles. The highest BCUT2D eigenvalue weighted by atomic mass is 16.2. The van der Waals surface area contributed by atoms with Gasteiger partial charge in [-0.05, 0) is 31.6 Å². The Labute approximate surface area is 130 Å². The van der Waals surface area contributed by atoms with E-state index in [-0.39, 0.29) is 17.9 Å². The van der Waals surface area contributed by atoms with E-state index in [1.54, 1.807) is 6.20 Å². The predicted octanol–water partition coefficient (Wildman–Crippen LogP) is 1.45. The Kier molecular flexibility index (Phi) is 4.18. The third kappa shape index (κ3) is 2.62. The van der Waals surface area contributed by atoms with Crippen LogP contribution in [0.15, 0.2) is 6.20 Å². The van der Waals surface area contributed by atoms with Crippen molar-refractivity contribution < 1.29 is 9.59 Å². The van der Waals surface area contributed by atoms with E-state index in [1.807, 2.05) is 23.8 Å². The van der Waals surface area contributed by atoms with Gasteiger partial charge in [-0.15, -0.1) is 0 Å². The monoisotopic (exact) mass is 304 g/mol. The van der Waals surface area contributed by atoms with Gasteiger partial charge in [-0.2, -0.15) is 5.10 Å². The van der Waals surface area contributed by atoms with Crippen molar-refractivity contribution in [3.8, 4) is 0 Å². The fourth-order valence-electron chi connectivity index (χ4n) is 3.81. The van der Waals surface area contributed by atoms with Crippen molar-refractivity contribution in [1.82, 2.24) is 20.0 Å². The maximum atomic E-state index is 12.7. The van der Waals surface area contributed by atoms with Crippen LogP contribution in [0.1, 0.15) is 48.7 Å². The largest absolute Gasteiger partial charge is 0.342 e. The zero-order chi connectivity index (χ0) is 15.7. The van der Waals surface area contributed by atoms with E-state index in [0.717, 1.165) is 37.9 Å². The Morgan fingerprint density at radius 2 is 2.27 bits per heavy atom. The molecule has 6 nitrogen and oxygen atoms in total. The van der Waals surface area contributed by atoms with Crippen LogP contribution >= 0.6 is 0 Å². The van der Waals surface area contributed by atoms with E-state index in [9.17, 15) is 9.59 Å². The zero-order valence-electron chi connectivity index (χ0n) is 13.3. The summed E-state index contributed by atoms with van der Waals surface area (Å²) in [5, 5.41) is 6.91. The Morgan fingerprint density at radius 3 is 3.05 bits per heavy atom. The SMILES string of the molecule is CCc1[nH]ncc1C(=O)N1CC[C@@H]2[C@@H](CCCC(=O)N2C)C1. The van der Waals surface area contributed by atoms with Crippen molar-refractivity contribution in [2.24, 2.45) is 5.92 Å². The zero-order valence-corrected chi connectivity index (χ0v) is 13.3. The molecule has 0 spiro atoms. The second-order valence-corrected chi connectivity index (χ2v) is 6.38. The number of rotatable bonds is 2. The molecule has 0 unspecified atom stereocenters. The molecule has 1 aromatic rings. The number of H-pyrrole nitrogens is 1. The lowest BCUT2D eigenvalue weighted by atomic mass is 9.88. The van der Waals surface area contributed by atoms with Gasteiger partial charge in [0.2, 0.25) is 5.91 Å². The first-order valence-electron chi connectivity index (χ1n) is 8.19. The summed E-state index contributed by atoms with van der Waals surface area (Å²) in [5.41, 5.74) is 1.60. The molecule has 3 heterocycles. The van der Waals surface area contributed by atoms with E-state index in [1.165, 1.54) is 0 Å². The summed E-state index contributed by atoms with van der Waals surface area (Å²) < 4.78 is 0. The molecule has 1 N–H and O–H groups in total. The highest BCUT2D eigenvalue weighted by Gasteiger charge is 2.37. The lowest BCUT2D eigenvalue weighted by Crippen LogP contribution is -2.51. The number of aryl methyl sites for hydroxylation is 1. The van der Waals surface area contributed by atoms with Gasteiger partial charge in [-0.3, -0.25) is 14.7 Å². The summed E-state index contributed by atoms with van der Waals surface area (Å²) in [6, 6.07) is 0.286. The molecule has 0 bridgehead atoms. The minimum absolute atomic E-state index is 0.0716. The molecule has 6 heteroatoms. The Hall–Kier alpha value is -1.85. The van der Waals surface area contributed by atoms with Gasteiger partial charge in [-0.1, -0.05) is 6.92 Å². The fraction of sp³-hybridized carbons (Fsp3) is 0.688. The molecule has 120 valence electrons. The highest BCUT2D eigenvalue weighted by molar-refractivity contribution is 5.95. The first-order chi connectivity index (χ1) is 10.6. The van der Waals surface area contributed by atoms with Crippen LogP contribution in [-0.2, 0) is 11.2 Å². The van der Waals surface area contributed by atoms with Crippen molar-refractivity contribution in [2.45, 2.75) is 45.1 Å². The molecular formula is C16H24N4O2. The summed E-state index contributed by atoms with van der Waals surface area (Å²) in [6.45, 7) is 3.48. The molecule has 22 heavy (non-hydrogen) atoms. The summed E-state index contributed by atoms with van der Waals surface area (Å²) in [7, 11) is 1.91. The molecule has 2 aliphatic rings. The van der Waals surface area contributed by atoms with Crippen LogP contribution in [0.5, 0.6) is 0 Å². The molecule has 2 fully saturated rings. The van der Waals surface area contributed by atoms with Gasteiger partial charge < -0.3 is 9.80 Å². The topological polar surface area (TPSA) is 69.3 Å². The summed E-state index contributed by atoms with van der Waals surface area (Å²) in [4.78, 5) is 28.6. The van der Waals surface area contributed by atoms with E-state index in [4.69, 9.17) is 0 Å². The summed E-state index contributed by atoms with van der Waals surface area (Å²) in [5.74, 6) is 0.712. The quantitative estimate of drug-likeness (QED) is 0.899. The molecular weight excluding hydrogens is 280 g/mol. The Morgan fingerprint density at radius 1 is 1.45 bits per heavy atom. The second kappa shape index (κ2) is 6.10. The number of carbonyl (C=O) groups excluding carboxylic acids is 2. The van der Waals surface area contributed by atoms with E-state index >= 15 is 0 Å². The number of nitrogens with zero attached hydrogens (tertiary/aromatic N) is 3. The second-order valence-electron chi connectivity index (χ2n) is 6.38. The average molecular weight is 304 g/mol. The number of nitrogens with one attached hydrogen (secondary N) is 1. The molecule has 0 radical (unpaired) electrons. The van der Waals surface area contributed by atoms with Crippen LogP contribution in [-0.4, -0.2) is 58.0 Å². The molecule has 2 atom stereocenters. The number of aromatic amines is 1. The average Bonchev–Trinajstić information content (AvgIpc) is 2.96. The predicted molar refractivity (Wildman–Crippen MR) is 82.4 cm³/mol. The number of piperidine rings is 1. The molecule has 2 amide bonds. The van der Waals surface area contributed by atoms with Crippen LogP contribution in [0.2, 0.25) is 0 Å². The molecule has 1 aromatic heterocycles. The number of likely N-dealkylation sites (tertiary alicyclic amines) is 2. The Bertz CT molecular complexity index is 568. The van der Waals surface area contributed by atoms with Crippen LogP contribution in [0.3, 0.4) is 0 Å². The lowest BCUT2D eigenvalue weighted by Gasteiger charge is -2.41. The van der Waals surface area contributed by atoms with Gasteiger partial charge in [0.15, 0.2) is 0 Å². The number of fused-ring (bicyclic) bond motifs is 1. The minimum Gasteiger partial charge on any atom is -0.342 e. The van der Waals surface area contributed by atoms with Crippen molar-refractivity contribution >= 4 is 11.8 Å². The number of hydrogen-bond acceptors (Lipinski definition) is 3. The maximum absolute atomic E-state index is 12.7. The molecule has 0 saturated carbocycles. The lowest BCUT2D eigenvalue weighted by molar-refractivity contribution is -0.132. The third-order valence-corrected chi connectivity index (χ3v) is 5.14. The van der Waals surface area contributed by atoms with Crippen LogP contribution in [0.4, 0.5) is 0 Å². The van der Waals surface area contributed by atoms with Gasteiger partial charge >= 0.3 is 0 Å². The molecule has 0 aliphatic carbocycles.